The summed E-state index contributed by atoms with van der Waals surface area (Å²) in [5.74, 6) is 0.0182. The lowest BCUT2D eigenvalue weighted by molar-refractivity contribution is -0.139. The Labute approximate surface area is 147 Å². The van der Waals surface area contributed by atoms with E-state index >= 15 is 0 Å². The number of ether oxygens (including phenoxy) is 1. The summed E-state index contributed by atoms with van der Waals surface area (Å²) < 4.78 is 45.6. The Balaban J connectivity index is 2.36. The van der Waals surface area contributed by atoms with E-state index in [0.29, 0.717) is 23.0 Å². The van der Waals surface area contributed by atoms with Crippen LogP contribution in [0.3, 0.4) is 0 Å². The minimum absolute atomic E-state index is 0.0182. The van der Waals surface area contributed by atoms with Crippen LogP contribution in [0.5, 0.6) is 5.88 Å². The highest BCUT2D eigenvalue weighted by Crippen LogP contribution is 2.36. The molecule has 0 bridgehead atoms. The van der Waals surface area contributed by atoms with Crippen molar-refractivity contribution < 1.29 is 17.9 Å². The van der Waals surface area contributed by atoms with Crippen molar-refractivity contribution in [2.45, 2.75) is 19.3 Å². The number of halogens is 4. The number of hydrogen-bond donors (Lipinski definition) is 0. The Hall–Kier alpha value is -2.06. The highest BCUT2D eigenvalue weighted by atomic mass is 35.5. The average Bonchev–Trinajstić information content (AvgIpc) is 2.78. The molecule has 0 aliphatic rings. The highest BCUT2D eigenvalue weighted by Gasteiger charge is 2.31. The molecule has 0 saturated carbocycles. The van der Waals surface area contributed by atoms with Gasteiger partial charge in [-0.15, -0.1) is 0 Å². The van der Waals surface area contributed by atoms with Gasteiger partial charge < -0.3 is 14.2 Å². The van der Waals surface area contributed by atoms with Crippen LogP contribution < -0.4 is 4.74 Å². The molecule has 5 nitrogen and oxygen atoms in total. The summed E-state index contributed by atoms with van der Waals surface area (Å²) in [6, 6.07) is 5.29. The van der Waals surface area contributed by atoms with Gasteiger partial charge in [-0.1, -0.05) is 6.07 Å². The Morgan fingerprint density at radius 1 is 1.24 bits per heavy atom. The zero-order chi connectivity index (χ0) is 18.4. The van der Waals surface area contributed by atoms with Crippen LogP contribution >= 0.6 is 11.6 Å². The maximum absolute atomic E-state index is 13.1. The van der Waals surface area contributed by atoms with Gasteiger partial charge in [0.2, 0.25) is 11.2 Å². The fraction of sp³-hybridized carbons (Fsp3) is 0.375. The minimum Gasteiger partial charge on any atom is -0.479 e. The third kappa shape index (κ3) is 3.50. The molecule has 2 heterocycles. The van der Waals surface area contributed by atoms with Crippen LogP contribution in [0.15, 0.2) is 18.2 Å². The van der Waals surface area contributed by atoms with Crippen molar-refractivity contribution in [2.75, 3.05) is 21.2 Å². The van der Waals surface area contributed by atoms with E-state index < -0.39 is 12.7 Å². The number of alkyl halides is 3. The molecule has 0 fully saturated rings. The lowest BCUT2D eigenvalue weighted by Gasteiger charge is -2.12. The molecule has 0 amide bonds. The molecule has 0 saturated heterocycles. The zero-order valence-electron chi connectivity index (χ0n) is 13.9. The van der Waals surface area contributed by atoms with E-state index in [1.54, 1.807) is 12.1 Å². The van der Waals surface area contributed by atoms with Gasteiger partial charge in [0.1, 0.15) is 17.6 Å². The van der Waals surface area contributed by atoms with E-state index in [1.807, 2.05) is 25.1 Å². The lowest BCUT2D eigenvalue weighted by atomic mass is 10.1. The maximum Gasteiger partial charge on any atom is 0.406 e. The second-order valence-electron chi connectivity index (χ2n) is 5.99. The van der Waals surface area contributed by atoms with Gasteiger partial charge in [-0.05, 0) is 43.4 Å². The van der Waals surface area contributed by atoms with Gasteiger partial charge in [-0.2, -0.15) is 18.2 Å². The van der Waals surface area contributed by atoms with Gasteiger partial charge >= 0.3 is 6.18 Å². The molecule has 0 radical (unpaired) electrons. The standard InChI is InChI=1S/C16H16ClF3N4O/c1-23(2)7-9-4-5-11-10(6-9)12-13(24(11)8-16(18,19)20)14(25-3)22-15(17)21-12/h4-6H,7-8H2,1-3H3. The van der Waals surface area contributed by atoms with E-state index in [4.69, 9.17) is 16.3 Å². The molecule has 0 unspecified atom stereocenters. The summed E-state index contributed by atoms with van der Waals surface area (Å²) in [6.07, 6.45) is -4.40. The molecule has 0 aliphatic heterocycles. The van der Waals surface area contributed by atoms with Gasteiger partial charge in [0, 0.05) is 11.9 Å². The summed E-state index contributed by atoms with van der Waals surface area (Å²) in [5.41, 5.74) is 1.89. The third-order valence-electron chi connectivity index (χ3n) is 3.73. The summed E-state index contributed by atoms with van der Waals surface area (Å²) in [7, 11) is 5.17. The monoisotopic (exact) mass is 372 g/mol. The van der Waals surface area contributed by atoms with E-state index in [-0.39, 0.29) is 16.7 Å². The predicted octanol–water partition coefficient (Wildman–Crippen LogP) is 3.87. The molecule has 0 spiro atoms. The molecule has 0 N–H and O–H groups in total. The minimum atomic E-state index is -4.40. The average molecular weight is 373 g/mol. The van der Waals surface area contributed by atoms with Crippen LogP contribution in [0.25, 0.3) is 21.9 Å². The van der Waals surface area contributed by atoms with Crippen molar-refractivity contribution in [3.05, 3.63) is 29.0 Å². The van der Waals surface area contributed by atoms with Crippen LogP contribution in [0.1, 0.15) is 5.56 Å². The van der Waals surface area contributed by atoms with Crippen molar-refractivity contribution in [3.63, 3.8) is 0 Å². The van der Waals surface area contributed by atoms with E-state index in [2.05, 4.69) is 9.97 Å². The molecule has 0 atom stereocenters. The number of hydrogen-bond acceptors (Lipinski definition) is 4. The maximum atomic E-state index is 13.1. The molecular weight excluding hydrogens is 357 g/mol. The zero-order valence-corrected chi connectivity index (χ0v) is 14.6. The van der Waals surface area contributed by atoms with Crippen molar-refractivity contribution in [1.29, 1.82) is 0 Å². The Morgan fingerprint density at radius 3 is 2.56 bits per heavy atom. The first kappa shape index (κ1) is 17.8. The van der Waals surface area contributed by atoms with Crippen LogP contribution in [0.4, 0.5) is 13.2 Å². The molecule has 9 heteroatoms. The van der Waals surface area contributed by atoms with Gasteiger partial charge in [0.25, 0.3) is 0 Å². The Bertz CT molecular complexity index is 937. The lowest BCUT2D eigenvalue weighted by Crippen LogP contribution is -2.17. The van der Waals surface area contributed by atoms with Crippen LogP contribution in [0.2, 0.25) is 5.28 Å². The van der Waals surface area contributed by atoms with Gasteiger partial charge in [-0.25, -0.2) is 4.98 Å². The number of aromatic nitrogens is 3. The van der Waals surface area contributed by atoms with Crippen LogP contribution in [-0.4, -0.2) is 46.8 Å². The normalized spacial score (nSPS) is 12.5. The summed E-state index contributed by atoms with van der Waals surface area (Å²) in [6.45, 7) is -0.515. The van der Waals surface area contributed by atoms with Crippen molar-refractivity contribution >= 4 is 33.5 Å². The molecule has 3 rings (SSSR count). The van der Waals surface area contributed by atoms with E-state index in [1.165, 1.54) is 7.11 Å². The van der Waals surface area contributed by atoms with E-state index in [0.717, 1.165) is 10.1 Å². The first-order valence-electron chi connectivity index (χ1n) is 7.43. The number of benzene rings is 1. The summed E-state index contributed by atoms with van der Waals surface area (Å²) >= 11 is 5.93. The van der Waals surface area contributed by atoms with Gasteiger partial charge in [0.05, 0.1) is 12.6 Å². The SMILES string of the molecule is COc1nc(Cl)nc2c3cc(CN(C)C)ccc3n(CC(F)(F)F)c12. The quantitative estimate of drug-likeness (QED) is 0.652. The van der Waals surface area contributed by atoms with Crippen molar-refractivity contribution in [2.24, 2.45) is 0 Å². The molecule has 134 valence electrons. The Morgan fingerprint density at radius 2 is 1.96 bits per heavy atom. The molecule has 1 aromatic carbocycles. The fourth-order valence-electron chi connectivity index (χ4n) is 2.92. The van der Waals surface area contributed by atoms with Crippen molar-refractivity contribution in [3.8, 4) is 5.88 Å². The molecular formula is C16H16ClF3N4O. The number of rotatable bonds is 4. The van der Waals surface area contributed by atoms with Crippen LogP contribution in [-0.2, 0) is 13.1 Å². The first-order chi connectivity index (χ1) is 11.7. The van der Waals surface area contributed by atoms with Crippen LogP contribution in [0, 0.1) is 0 Å². The molecule has 2 aromatic heterocycles. The number of nitrogens with zero attached hydrogens (tertiary/aromatic N) is 4. The highest BCUT2D eigenvalue weighted by molar-refractivity contribution is 6.29. The van der Waals surface area contributed by atoms with Gasteiger partial charge in [0.15, 0.2) is 0 Å². The largest absolute Gasteiger partial charge is 0.479 e. The number of fused-ring (bicyclic) bond motifs is 3. The number of methoxy groups -OCH3 is 1. The fourth-order valence-corrected chi connectivity index (χ4v) is 3.08. The predicted molar refractivity (Wildman–Crippen MR) is 90.0 cm³/mol. The second-order valence-corrected chi connectivity index (χ2v) is 6.33. The molecule has 0 aliphatic carbocycles. The first-order valence-corrected chi connectivity index (χ1v) is 7.81. The summed E-state index contributed by atoms with van der Waals surface area (Å²) in [5, 5.41) is 0.509. The third-order valence-corrected chi connectivity index (χ3v) is 3.90. The van der Waals surface area contributed by atoms with E-state index in [9.17, 15) is 13.2 Å². The second kappa shape index (κ2) is 6.34. The van der Waals surface area contributed by atoms with Crippen molar-refractivity contribution in [1.82, 2.24) is 19.4 Å². The Kier molecular flexibility index (Phi) is 4.51. The van der Waals surface area contributed by atoms with Gasteiger partial charge in [-0.3, -0.25) is 0 Å². The molecule has 3 aromatic rings. The molecule has 25 heavy (non-hydrogen) atoms. The smallest absolute Gasteiger partial charge is 0.406 e. The topological polar surface area (TPSA) is 43.2 Å². The summed E-state index contributed by atoms with van der Waals surface area (Å²) in [4.78, 5) is 10.0.